The number of fused-ring (bicyclic) bond motifs is 1. The minimum atomic E-state index is 0.118. The summed E-state index contributed by atoms with van der Waals surface area (Å²) in [4.78, 5) is 12.4. The number of ether oxygens (including phenoxy) is 1. The van der Waals surface area contributed by atoms with E-state index in [2.05, 4.69) is 19.6 Å². The van der Waals surface area contributed by atoms with E-state index >= 15 is 0 Å². The first-order valence-electron chi connectivity index (χ1n) is 8.47. The van der Waals surface area contributed by atoms with Gasteiger partial charge in [-0.1, -0.05) is 11.6 Å². The van der Waals surface area contributed by atoms with E-state index in [0.29, 0.717) is 12.5 Å². The van der Waals surface area contributed by atoms with E-state index < -0.39 is 0 Å². The molecule has 4 rings (SSSR count). The van der Waals surface area contributed by atoms with Gasteiger partial charge in [0.05, 0.1) is 0 Å². The topological polar surface area (TPSA) is 51.9 Å². The molecular weight excluding hydrogens is 280 g/mol. The van der Waals surface area contributed by atoms with E-state index in [0.717, 1.165) is 37.7 Å². The van der Waals surface area contributed by atoms with Gasteiger partial charge >= 0.3 is 0 Å². The SMILES string of the molecule is c1cn2c(n1)CC(C1=NOCC(CN3CCCCC3)O1)CC2. The van der Waals surface area contributed by atoms with Crippen LogP contribution in [-0.2, 0) is 22.5 Å². The first kappa shape index (κ1) is 14.1. The molecule has 0 amide bonds. The highest BCUT2D eigenvalue weighted by Gasteiger charge is 2.31. The lowest BCUT2D eigenvalue weighted by atomic mass is 9.97. The molecule has 1 fully saturated rings. The summed E-state index contributed by atoms with van der Waals surface area (Å²) in [7, 11) is 0. The summed E-state index contributed by atoms with van der Waals surface area (Å²) in [6.07, 6.45) is 9.95. The van der Waals surface area contributed by atoms with Gasteiger partial charge in [0.2, 0.25) is 5.90 Å². The number of hydrogen-bond donors (Lipinski definition) is 0. The Kier molecular flexibility index (Phi) is 4.01. The summed E-state index contributed by atoms with van der Waals surface area (Å²) in [5, 5.41) is 4.19. The molecule has 1 saturated heterocycles. The second-order valence-electron chi connectivity index (χ2n) is 6.55. The van der Waals surface area contributed by atoms with Gasteiger partial charge in [0, 0.05) is 37.8 Å². The van der Waals surface area contributed by atoms with Crippen LogP contribution < -0.4 is 0 Å². The number of rotatable bonds is 3. The minimum Gasteiger partial charge on any atom is -0.470 e. The molecule has 0 aromatic carbocycles. The average molecular weight is 304 g/mol. The van der Waals surface area contributed by atoms with Gasteiger partial charge in [-0.15, -0.1) is 0 Å². The largest absolute Gasteiger partial charge is 0.470 e. The summed E-state index contributed by atoms with van der Waals surface area (Å²) in [5.41, 5.74) is 0. The molecule has 3 aliphatic rings. The molecule has 0 aliphatic carbocycles. The zero-order chi connectivity index (χ0) is 14.8. The van der Waals surface area contributed by atoms with Crippen LogP contribution >= 0.6 is 0 Å². The zero-order valence-electron chi connectivity index (χ0n) is 13.0. The van der Waals surface area contributed by atoms with Gasteiger partial charge in [-0.2, -0.15) is 0 Å². The van der Waals surface area contributed by atoms with Crippen LogP contribution in [0.25, 0.3) is 0 Å². The predicted octanol–water partition coefficient (Wildman–Crippen LogP) is 1.66. The fraction of sp³-hybridized carbons (Fsp3) is 0.750. The molecule has 1 aromatic heterocycles. The highest BCUT2D eigenvalue weighted by molar-refractivity contribution is 5.79. The Balaban J connectivity index is 1.36. The molecule has 6 nitrogen and oxygen atoms in total. The first-order chi connectivity index (χ1) is 10.9. The third kappa shape index (κ3) is 2.97. The number of likely N-dealkylation sites (tertiary alicyclic amines) is 1. The van der Waals surface area contributed by atoms with Crippen LogP contribution in [0.2, 0.25) is 0 Å². The standard InChI is InChI=1S/C16H24N4O2/c1-2-6-19(7-3-1)11-14-12-21-18-16(22-14)13-4-8-20-9-5-17-15(20)10-13/h5,9,13-14H,1-4,6-8,10-12H2. The van der Waals surface area contributed by atoms with Gasteiger partial charge in [0.15, 0.2) is 6.61 Å². The third-order valence-corrected chi connectivity index (χ3v) is 4.91. The Labute approximate surface area is 131 Å². The quantitative estimate of drug-likeness (QED) is 0.852. The van der Waals surface area contributed by atoms with Crippen LogP contribution in [0.5, 0.6) is 0 Å². The van der Waals surface area contributed by atoms with Gasteiger partial charge < -0.3 is 14.1 Å². The average Bonchev–Trinajstić information content (AvgIpc) is 3.04. The highest BCUT2D eigenvalue weighted by Crippen LogP contribution is 2.24. The molecule has 0 radical (unpaired) electrons. The maximum absolute atomic E-state index is 6.17. The molecule has 1 aromatic rings. The lowest BCUT2D eigenvalue weighted by Crippen LogP contribution is -2.43. The van der Waals surface area contributed by atoms with Crippen molar-refractivity contribution in [3.63, 3.8) is 0 Å². The third-order valence-electron chi connectivity index (χ3n) is 4.91. The Hall–Kier alpha value is -1.56. The fourth-order valence-corrected chi connectivity index (χ4v) is 3.66. The predicted molar refractivity (Wildman–Crippen MR) is 82.6 cm³/mol. The Morgan fingerprint density at radius 1 is 1.18 bits per heavy atom. The number of aromatic nitrogens is 2. The maximum atomic E-state index is 6.17. The van der Waals surface area contributed by atoms with Gasteiger partial charge in [-0.05, 0) is 32.4 Å². The summed E-state index contributed by atoms with van der Waals surface area (Å²) < 4.78 is 8.38. The summed E-state index contributed by atoms with van der Waals surface area (Å²) >= 11 is 0. The normalized spacial score (nSPS) is 29.2. The van der Waals surface area contributed by atoms with Crippen LogP contribution in [0.15, 0.2) is 17.5 Å². The van der Waals surface area contributed by atoms with Crippen molar-refractivity contribution in [1.82, 2.24) is 14.5 Å². The molecule has 6 heteroatoms. The smallest absolute Gasteiger partial charge is 0.229 e. The maximum Gasteiger partial charge on any atom is 0.229 e. The van der Waals surface area contributed by atoms with E-state index in [-0.39, 0.29) is 6.10 Å². The fourth-order valence-electron chi connectivity index (χ4n) is 3.66. The van der Waals surface area contributed by atoms with Crippen molar-refractivity contribution >= 4 is 5.90 Å². The van der Waals surface area contributed by atoms with Gasteiger partial charge in [-0.25, -0.2) is 4.98 Å². The lowest BCUT2D eigenvalue weighted by Gasteiger charge is -2.33. The van der Waals surface area contributed by atoms with Crippen LogP contribution in [0, 0.1) is 5.92 Å². The molecule has 0 saturated carbocycles. The lowest BCUT2D eigenvalue weighted by molar-refractivity contribution is -0.0161. The number of oxime groups is 1. The molecule has 22 heavy (non-hydrogen) atoms. The molecular formula is C16H24N4O2. The van der Waals surface area contributed by atoms with E-state index in [9.17, 15) is 0 Å². The molecule has 2 atom stereocenters. The van der Waals surface area contributed by atoms with Crippen molar-refractivity contribution < 1.29 is 9.57 Å². The van der Waals surface area contributed by atoms with Gasteiger partial charge in [0.1, 0.15) is 11.9 Å². The molecule has 3 aliphatic heterocycles. The molecule has 2 unspecified atom stereocenters. The first-order valence-corrected chi connectivity index (χ1v) is 8.47. The Morgan fingerprint density at radius 2 is 2.09 bits per heavy atom. The summed E-state index contributed by atoms with van der Waals surface area (Å²) in [6, 6.07) is 0. The van der Waals surface area contributed by atoms with Gasteiger partial charge in [0.25, 0.3) is 0 Å². The number of hydrogen-bond acceptors (Lipinski definition) is 5. The number of imidazole rings is 1. The molecule has 4 heterocycles. The second-order valence-corrected chi connectivity index (χ2v) is 6.55. The van der Waals surface area contributed by atoms with Crippen LogP contribution in [0.3, 0.4) is 0 Å². The monoisotopic (exact) mass is 304 g/mol. The summed E-state index contributed by atoms with van der Waals surface area (Å²) in [5.74, 6) is 2.21. The second kappa shape index (κ2) is 6.28. The molecule has 0 N–H and O–H groups in total. The van der Waals surface area contributed by atoms with Crippen LogP contribution in [0.1, 0.15) is 31.5 Å². The van der Waals surface area contributed by atoms with Crippen molar-refractivity contribution in [2.45, 2.75) is 44.8 Å². The zero-order valence-corrected chi connectivity index (χ0v) is 13.0. The van der Waals surface area contributed by atoms with Crippen LogP contribution in [-0.4, -0.2) is 52.7 Å². The molecule has 0 spiro atoms. The van der Waals surface area contributed by atoms with Crippen molar-refractivity contribution in [2.75, 3.05) is 26.2 Å². The number of aryl methyl sites for hydroxylation is 1. The Bertz CT molecular complexity index is 536. The minimum absolute atomic E-state index is 0.118. The highest BCUT2D eigenvalue weighted by atomic mass is 16.7. The molecule has 120 valence electrons. The van der Waals surface area contributed by atoms with E-state index in [1.165, 1.54) is 32.4 Å². The van der Waals surface area contributed by atoms with E-state index in [1.54, 1.807) is 0 Å². The van der Waals surface area contributed by atoms with Crippen molar-refractivity contribution in [3.8, 4) is 0 Å². The molecule has 0 bridgehead atoms. The van der Waals surface area contributed by atoms with E-state index in [1.807, 2.05) is 12.4 Å². The van der Waals surface area contributed by atoms with Crippen molar-refractivity contribution in [1.29, 1.82) is 0 Å². The van der Waals surface area contributed by atoms with Crippen LogP contribution in [0.4, 0.5) is 0 Å². The number of nitrogens with zero attached hydrogens (tertiary/aromatic N) is 4. The number of piperidine rings is 1. The van der Waals surface area contributed by atoms with Crippen molar-refractivity contribution in [3.05, 3.63) is 18.2 Å². The van der Waals surface area contributed by atoms with Crippen molar-refractivity contribution in [2.24, 2.45) is 11.1 Å². The van der Waals surface area contributed by atoms with Gasteiger partial charge in [-0.3, -0.25) is 4.90 Å². The van der Waals surface area contributed by atoms with E-state index in [4.69, 9.17) is 9.57 Å². The summed E-state index contributed by atoms with van der Waals surface area (Å²) in [6.45, 7) is 4.89. The Morgan fingerprint density at radius 3 is 3.00 bits per heavy atom.